The van der Waals surface area contributed by atoms with Gasteiger partial charge in [0, 0.05) is 10.8 Å². The summed E-state index contributed by atoms with van der Waals surface area (Å²) in [6.45, 7) is 0. The van der Waals surface area contributed by atoms with Crippen LogP contribution in [0, 0.1) is 0 Å². The van der Waals surface area contributed by atoms with E-state index in [0.29, 0.717) is 19.8 Å². The van der Waals surface area contributed by atoms with Gasteiger partial charge in [-0.25, -0.2) is 4.68 Å². The van der Waals surface area contributed by atoms with Gasteiger partial charge in [0.2, 0.25) is 5.13 Å². The third-order valence-corrected chi connectivity index (χ3v) is 6.48. The Hall–Kier alpha value is -2.89. The van der Waals surface area contributed by atoms with Crippen LogP contribution in [0.5, 0.6) is 0 Å². The molecule has 0 aliphatic rings. The van der Waals surface area contributed by atoms with Crippen LogP contribution in [0.25, 0.3) is 5.69 Å². The van der Waals surface area contributed by atoms with Crippen molar-refractivity contribution in [3.63, 3.8) is 0 Å². The number of amides is 1. The van der Waals surface area contributed by atoms with Gasteiger partial charge in [-0.3, -0.25) is 10.1 Å². The summed E-state index contributed by atoms with van der Waals surface area (Å²) in [4.78, 5) is 12.6. The topological polar surface area (TPSA) is 72.7 Å². The molecule has 2 heterocycles. The highest BCUT2D eigenvalue weighted by Gasteiger charge is 2.40. The average Bonchev–Trinajstić information content (AvgIpc) is 3.41. The highest BCUT2D eigenvalue weighted by Crippen LogP contribution is 2.35. The fourth-order valence-electron chi connectivity index (χ4n) is 2.77. The fraction of sp³-hybridized carbons (Fsp3) is 0.100. The van der Waals surface area contributed by atoms with Gasteiger partial charge in [0.15, 0.2) is 10.0 Å². The monoisotopic (exact) mass is 495 g/mol. The Morgan fingerprint density at radius 3 is 2.50 bits per heavy atom. The zero-order chi connectivity index (χ0) is 22.7. The number of benzene rings is 2. The Morgan fingerprint density at radius 2 is 1.81 bits per heavy atom. The number of carbonyl (C=O) groups is 1. The van der Waals surface area contributed by atoms with Gasteiger partial charge in [0.05, 0.1) is 17.4 Å². The minimum Gasteiger partial charge on any atom is -0.296 e. The normalized spacial score (nSPS) is 11.5. The molecular formula is C20H13ClF3N5OS2. The van der Waals surface area contributed by atoms with Crippen LogP contribution in [-0.2, 0) is 11.9 Å². The molecule has 0 fully saturated rings. The maximum absolute atomic E-state index is 13.8. The number of halogens is 4. The molecule has 0 saturated carbocycles. The minimum atomic E-state index is -4.82. The lowest BCUT2D eigenvalue weighted by Crippen LogP contribution is -2.20. The van der Waals surface area contributed by atoms with E-state index in [1.165, 1.54) is 36.0 Å². The number of nitrogens with one attached hydrogen (secondary N) is 1. The van der Waals surface area contributed by atoms with Crippen molar-refractivity contribution in [2.75, 3.05) is 5.32 Å². The smallest absolute Gasteiger partial charge is 0.296 e. The van der Waals surface area contributed by atoms with Crippen LogP contribution < -0.4 is 5.32 Å². The summed E-state index contributed by atoms with van der Waals surface area (Å²) in [6, 6.07) is 15.3. The second kappa shape index (κ2) is 9.31. The van der Waals surface area contributed by atoms with Crippen LogP contribution >= 0.6 is 34.7 Å². The molecule has 0 atom stereocenters. The molecule has 32 heavy (non-hydrogen) atoms. The number of carbonyl (C=O) groups excluding carboxylic acids is 1. The van der Waals surface area contributed by atoms with E-state index >= 15 is 0 Å². The van der Waals surface area contributed by atoms with Gasteiger partial charge in [0.1, 0.15) is 0 Å². The number of anilines is 1. The Labute approximate surface area is 193 Å². The van der Waals surface area contributed by atoms with Gasteiger partial charge in [-0.15, -0.1) is 10.2 Å². The van der Waals surface area contributed by atoms with Crippen molar-refractivity contribution in [2.45, 2.75) is 16.3 Å². The Balaban J connectivity index is 1.52. The maximum atomic E-state index is 13.8. The summed E-state index contributed by atoms with van der Waals surface area (Å²) >= 11 is 8.30. The van der Waals surface area contributed by atoms with Gasteiger partial charge >= 0.3 is 6.18 Å². The summed E-state index contributed by atoms with van der Waals surface area (Å²) in [5, 5.41) is 14.4. The first-order chi connectivity index (χ1) is 15.3. The van der Waals surface area contributed by atoms with Crippen LogP contribution in [-0.4, -0.2) is 25.9 Å². The third kappa shape index (κ3) is 5.12. The van der Waals surface area contributed by atoms with Crippen molar-refractivity contribution in [3.05, 3.63) is 82.6 Å². The molecule has 1 N–H and O–H groups in total. The number of hydrogen-bond acceptors (Lipinski definition) is 6. The largest absolute Gasteiger partial charge is 0.434 e. The first-order valence-electron chi connectivity index (χ1n) is 9.04. The average molecular weight is 496 g/mol. The molecule has 1 amide bonds. The lowest BCUT2D eigenvalue weighted by atomic mass is 10.2. The van der Waals surface area contributed by atoms with Gasteiger partial charge in [0.25, 0.3) is 5.91 Å². The van der Waals surface area contributed by atoms with Gasteiger partial charge in [-0.1, -0.05) is 65.0 Å². The van der Waals surface area contributed by atoms with E-state index < -0.39 is 23.3 Å². The number of thioether (sulfide) groups is 1. The number of nitrogens with zero attached hydrogens (tertiary/aromatic N) is 4. The van der Waals surface area contributed by atoms with E-state index in [1.807, 2.05) is 30.3 Å². The second-order valence-corrected chi connectivity index (χ2v) is 9.03. The van der Waals surface area contributed by atoms with Crippen molar-refractivity contribution < 1.29 is 18.0 Å². The van der Waals surface area contributed by atoms with Crippen LogP contribution in [0.3, 0.4) is 0 Å². The van der Waals surface area contributed by atoms with Crippen molar-refractivity contribution in [3.8, 4) is 5.69 Å². The van der Waals surface area contributed by atoms with Crippen molar-refractivity contribution in [1.82, 2.24) is 20.0 Å². The molecule has 0 unspecified atom stereocenters. The van der Waals surface area contributed by atoms with Crippen LogP contribution in [0.4, 0.5) is 18.3 Å². The fourth-order valence-corrected chi connectivity index (χ4v) is 4.60. The maximum Gasteiger partial charge on any atom is 0.434 e. The Kier molecular flexibility index (Phi) is 6.49. The molecule has 0 aliphatic heterocycles. The summed E-state index contributed by atoms with van der Waals surface area (Å²) in [6.07, 6.45) is -3.94. The molecule has 0 spiro atoms. The quantitative estimate of drug-likeness (QED) is 0.265. The summed E-state index contributed by atoms with van der Waals surface area (Å²) in [5.41, 5.74) is -0.611. The molecule has 0 aliphatic carbocycles. The zero-order valence-corrected chi connectivity index (χ0v) is 18.4. The van der Waals surface area contributed by atoms with E-state index in [2.05, 4.69) is 20.6 Å². The molecule has 0 radical (unpaired) electrons. The lowest BCUT2D eigenvalue weighted by Gasteiger charge is -2.12. The molecule has 4 aromatic rings. The van der Waals surface area contributed by atoms with Crippen LogP contribution in [0.2, 0.25) is 5.02 Å². The first kappa shape index (κ1) is 22.3. The molecule has 4 rings (SSSR count). The van der Waals surface area contributed by atoms with Gasteiger partial charge in [-0.2, -0.15) is 18.3 Å². The standard InChI is InChI=1S/C20H13ClF3N5OS2/c21-13-6-8-14(9-7-13)29-16(20(22,23)24)15(10-25-29)17(30)26-18-27-28-19(32-18)31-11-12-4-2-1-3-5-12/h1-10H,11H2,(H,26,27,30). The second-order valence-electron chi connectivity index (χ2n) is 6.39. The molecule has 164 valence electrons. The SMILES string of the molecule is O=C(Nc1nnc(SCc2ccccc2)s1)c1cnn(-c2ccc(Cl)cc2)c1C(F)(F)F. The van der Waals surface area contributed by atoms with Crippen LogP contribution in [0.1, 0.15) is 21.6 Å². The number of aromatic nitrogens is 4. The zero-order valence-electron chi connectivity index (χ0n) is 16.0. The van der Waals surface area contributed by atoms with Crippen molar-refractivity contribution >= 4 is 45.7 Å². The molecule has 0 saturated heterocycles. The third-order valence-electron chi connectivity index (χ3n) is 4.19. The number of rotatable bonds is 6. The molecule has 0 bridgehead atoms. The van der Waals surface area contributed by atoms with E-state index in [-0.39, 0.29) is 10.8 Å². The molecule has 2 aromatic heterocycles. The summed E-state index contributed by atoms with van der Waals surface area (Å²) < 4.78 is 42.6. The molecular weight excluding hydrogens is 483 g/mol. The molecule has 6 nitrogen and oxygen atoms in total. The van der Waals surface area contributed by atoms with Gasteiger partial charge in [-0.05, 0) is 29.8 Å². The van der Waals surface area contributed by atoms with E-state index in [1.54, 1.807) is 0 Å². The first-order valence-corrected chi connectivity index (χ1v) is 11.2. The van der Waals surface area contributed by atoms with E-state index in [9.17, 15) is 18.0 Å². The summed E-state index contributed by atoms with van der Waals surface area (Å²) in [5.74, 6) is -0.330. The van der Waals surface area contributed by atoms with E-state index in [4.69, 9.17) is 11.6 Å². The molecule has 12 heteroatoms. The minimum absolute atomic E-state index is 0.0953. The highest BCUT2D eigenvalue weighted by molar-refractivity contribution is 8.00. The van der Waals surface area contributed by atoms with E-state index in [0.717, 1.165) is 23.1 Å². The predicted molar refractivity (Wildman–Crippen MR) is 117 cm³/mol. The van der Waals surface area contributed by atoms with Crippen molar-refractivity contribution in [2.24, 2.45) is 0 Å². The number of alkyl halides is 3. The predicted octanol–water partition coefficient (Wildman–Crippen LogP) is 5.94. The highest BCUT2D eigenvalue weighted by atomic mass is 35.5. The molecule has 2 aromatic carbocycles. The Morgan fingerprint density at radius 1 is 1.09 bits per heavy atom. The van der Waals surface area contributed by atoms with Crippen molar-refractivity contribution in [1.29, 1.82) is 0 Å². The Bertz CT molecular complexity index is 1230. The lowest BCUT2D eigenvalue weighted by molar-refractivity contribution is -0.143. The number of hydrogen-bond donors (Lipinski definition) is 1. The van der Waals surface area contributed by atoms with Gasteiger partial charge < -0.3 is 0 Å². The summed E-state index contributed by atoms with van der Waals surface area (Å²) in [7, 11) is 0. The van der Waals surface area contributed by atoms with Crippen LogP contribution in [0.15, 0.2) is 65.1 Å².